The van der Waals surface area contributed by atoms with Crippen molar-refractivity contribution in [2.75, 3.05) is 11.9 Å². The van der Waals surface area contributed by atoms with Crippen LogP contribution in [0.4, 0.5) is 5.82 Å². The van der Waals surface area contributed by atoms with Gasteiger partial charge in [0.15, 0.2) is 5.82 Å². The molecule has 4 rings (SSSR count). The molecule has 4 N–H and O–H groups in total. The van der Waals surface area contributed by atoms with Gasteiger partial charge in [-0.1, -0.05) is 18.2 Å². The largest absolute Gasteiger partial charge is 0.392 e. The molecule has 1 aliphatic heterocycles. The predicted octanol–water partition coefficient (Wildman–Crippen LogP) is 0.0294. The van der Waals surface area contributed by atoms with Crippen LogP contribution in [-0.2, 0) is 4.74 Å². The molecule has 3 heterocycles. The SMILES string of the molecule is N#CC1(CO)O[C@@H](c2ccc3c(NC(=O)c4ccccc4)ncnn23)[C@H](O)[C@@H]1O. The molecule has 1 aliphatic rings. The maximum Gasteiger partial charge on any atom is 0.256 e. The summed E-state index contributed by atoms with van der Waals surface area (Å²) in [7, 11) is 0. The Morgan fingerprint density at radius 1 is 1.28 bits per heavy atom. The van der Waals surface area contributed by atoms with E-state index in [1.807, 2.05) is 0 Å². The van der Waals surface area contributed by atoms with Crippen LogP contribution in [0.15, 0.2) is 48.8 Å². The Morgan fingerprint density at radius 2 is 2.03 bits per heavy atom. The van der Waals surface area contributed by atoms with Crippen molar-refractivity contribution in [1.82, 2.24) is 14.6 Å². The third-order valence-corrected chi connectivity index (χ3v) is 4.91. The fourth-order valence-electron chi connectivity index (χ4n) is 3.34. The molecular weight excluding hydrogens is 378 g/mol. The lowest BCUT2D eigenvalue weighted by Crippen LogP contribution is -2.44. The van der Waals surface area contributed by atoms with E-state index in [1.165, 1.54) is 10.8 Å². The molecule has 1 fully saturated rings. The molecule has 0 radical (unpaired) electrons. The van der Waals surface area contributed by atoms with Gasteiger partial charge in [0.2, 0.25) is 5.60 Å². The molecule has 2 aromatic heterocycles. The number of rotatable bonds is 4. The third-order valence-electron chi connectivity index (χ3n) is 4.91. The molecule has 29 heavy (non-hydrogen) atoms. The number of aliphatic hydroxyl groups excluding tert-OH is 3. The lowest BCUT2D eigenvalue weighted by molar-refractivity contribution is -0.0746. The molecule has 0 bridgehead atoms. The molecule has 1 saturated heterocycles. The molecular formula is C19H17N5O5. The molecule has 10 nitrogen and oxygen atoms in total. The fourth-order valence-corrected chi connectivity index (χ4v) is 3.34. The molecule has 1 amide bonds. The van der Waals surface area contributed by atoms with Gasteiger partial charge in [-0.3, -0.25) is 4.79 Å². The summed E-state index contributed by atoms with van der Waals surface area (Å²) in [6.07, 6.45) is -2.96. The number of nitriles is 1. The maximum absolute atomic E-state index is 12.4. The zero-order chi connectivity index (χ0) is 20.6. The summed E-state index contributed by atoms with van der Waals surface area (Å²) in [5.74, 6) is -0.118. The molecule has 0 aliphatic carbocycles. The number of aromatic nitrogens is 3. The van der Waals surface area contributed by atoms with E-state index in [9.17, 15) is 25.4 Å². The fraction of sp³-hybridized carbons (Fsp3) is 0.263. The minimum Gasteiger partial charge on any atom is -0.392 e. The summed E-state index contributed by atoms with van der Waals surface area (Å²) < 4.78 is 6.92. The topological polar surface area (TPSA) is 153 Å². The molecule has 10 heteroatoms. The van der Waals surface area contributed by atoms with Crippen molar-refractivity contribution in [2.45, 2.75) is 23.9 Å². The Labute approximate surface area is 164 Å². The van der Waals surface area contributed by atoms with Crippen LogP contribution in [0.5, 0.6) is 0 Å². The normalized spacial score (nSPS) is 26.3. The highest BCUT2D eigenvalue weighted by atomic mass is 16.6. The van der Waals surface area contributed by atoms with Gasteiger partial charge in [0.05, 0.1) is 12.3 Å². The van der Waals surface area contributed by atoms with Crippen LogP contribution in [0.1, 0.15) is 22.2 Å². The summed E-state index contributed by atoms with van der Waals surface area (Å²) in [5.41, 5.74) is -0.730. The second-order valence-corrected chi connectivity index (χ2v) is 6.62. The van der Waals surface area contributed by atoms with E-state index >= 15 is 0 Å². The Balaban J connectivity index is 1.68. The average Bonchev–Trinajstić information content (AvgIpc) is 3.29. The van der Waals surface area contributed by atoms with Gasteiger partial charge in [-0.25, -0.2) is 9.50 Å². The highest BCUT2D eigenvalue weighted by Crippen LogP contribution is 2.40. The van der Waals surface area contributed by atoms with Crippen molar-refractivity contribution in [3.63, 3.8) is 0 Å². The van der Waals surface area contributed by atoms with Crippen LogP contribution >= 0.6 is 0 Å². The van der Waals surface area contributed by atoms with Crippen LogP contribution < -0.4 is 5.32 Å². The number of nitrogens with zero attached hydrogens (tertiary/aromatic N) is 4. The summed E-state index contributed by atoms with van der Waals surface area (Å²) in [5, 5.41) is 46.2. The molecule has 0 spiro atoms. The molecule has 4 atom stereocenters. The van der Waals surface area contributed by atoms with E-state index in [-0.39, 0.29) is 11.7 Å². The van der Waals surface area contributed by atoms with Gasteiger partial charge in [0.1, 0.15) is 36.2 Å². The number of nitrogens with one attached hydrogen (secondary N) is 1. The second kappa shape index (κ2) is 7.23. The van der Waals surface area contributed by atoms with Crippen molar-refractivity contribution < 1.29 is 24.9 Å². The van der Waals surface area contributed by atoms with Gasteiger partial charge in [-0.05, 0) is 24.3 Å². The first-order valence-electron chi connectivity index (χ1n) is 8.76. The number of hydrogen-bond acceptors (Lipinski definition) is 8. The minimum atomic E-state index is -1.94. The maximum atomic E-state index is 12.4. The van der Waals surface area contributed by atoms with Crippen molar-refractivity contribution in [3.05, 3.63) is 60.0 Å². The van der Waals surface area contributed by atoms with Gasteiger partial charge in [-0.15, -0.1) is 0 Å². The number of amides is 1. The predicted molar refractivity (Wildman–Crippen MR) is 98.7 cm³/mol. The Morgan fingerprint density at radius 3 is 2.69 bits per heavy atom. The first-order chi connectivity index (χ1) is 14.0. The average molecular weight is 395 g/mol. The van der Waals surface area contributed by atoms with Gasteiger partial charge < -0.3 is 25.4 Å². The highest BCUT2D eigenvalue weighted by molar-refractivity contribution is 6.05. The monoisotopic (exact) mass is 395 g/mol. The van der Waals surface area contributed by atoms with Crippen LogP contribution in [0.25, 0.3) is 5.52 Å². The zero-order valence-electron chi connectivity index (χ0n) is 15.0. The number of ether oxygens (including phenoxy) is 1. The van der Waals surface area contributed by atoms with Crippen LogP contribution in [-0.4, -0.2) is 60.2 Å². The standard InChI is InChI=1S/C19H17N5O5/c20-8-19(9-25)16(27)14(26)15(29-19)12-6-7-13-17(21-10-22-24(12)13)23-18(28)11-4-2-1-3-5-11/h1-7,10,14-16,25-27H,9H2,(H,21,22,23,28)/t14-,15-,16-,19?/m0/s1. The van der Waals surface area contributed by atoms with Gasteiger partial charge in [0.25, 0.3) is 5.91 Å². The number of carbonyl (C=O) groups excluding carboxylic acids is 1. The van der Waals surface area contributed by atoms with Gasteiger partial charge in [-0.2, -0.15) is 10.4 Å². The first-order valence-corrected chi connectivity index (χ1v) is 8.76. The van der Waals surface area contributed by atoms with E-state index < -0.39 is 30.5 Å². The molecule has 3 aromatic rings. The van der Waals surface area contributed by atoms with Crippen LogP contribution in [0.3, 0.4) is 0 Å². The Bertz CT molecular complexity index is 1100. The molecule has 1 unspecified atom stereocenters. The number of anilines is 1. The number of carbonyl (C=O) groups is 1. The molecule has 0 saturated carbocycles. The van der Waals surface area contributed by atoms with E-state index in [0.717, 1.165) is 0 Å². The number of benzene rings is 1. The summed E-state index contributed by atoms with van der Waals surface area (Å²) in [4.78, 5) is 16.5. The molecule has 1 aromatic carbocycles. The van der Waals surface area contributed by atoms with Gasteiger partial charge in [0, 0.05) is 5.56 Å². The van der Waals surface area contributed by atoms with E-state index in [0.29, 0.717) is 16.8 Å². The van der Waals surface area contributed by atoms with E-state index in [4.69, 9.17) is 4.74 Å². The van der Waals surface area contributed by atoms with Crippen LogP contribution in [0.2, 0.25) is 0 Å². The summed E-state index contributed by atoms with van der Waals surface area (Å²) in [6, 6.07) is 13.5. The minimum absolute atomic E-state index is 0.238. The van der Waals surface area contributed by atoms with Crippen molar-refractivity contribution in [3.8, 4) is 6.07 Å². The van der Waals surface area contributed by atoms with Crippen molar-refractivity contribution >= 4 is 17.2 Å². The highest BCUT2D eigenvalue weighted by Gasteiger charge is 2.55. The lowest BCUT2D eigenvalue weighted by Gasteiger charge is -2.21. The first kappa shape index (κ1) is 19.0. The Hall–Kier alpha value is -3.36. The van der Waals surface area contributed by atoms with Crippen molar-refractivity contribution in [2.24, 2.45) is 0 Å². The smallest absolute Gasteiger partial charge is 0.256 e. The molecule has 148 valence electrons. The quantitative estimate of drug-likeness (QED) is 0.483. The number of hydrogen-bond donors (Lipinski definition) is 4. The summed E-state index contributed by atoms with van der Waals surface area (Å²) in [6.45, 7) is -0.783. The number of aliphatic hydroxyl groups is 3. The zero-order valence-corrected chi connectivity index (χ0v) is 15.0. The van der Waals surface area contributed by atoms with Crippen molar-refractivity contribution in [1.29, 1.82) is 5.26 Å². The van der Waals surface area contributed by atoms with E-state index in [2.05, 4.69) is 15.4 Å². The van der Waals surface area contributed by atoms with Crippen LogP contribution in [0, 0.1) is 11.3 Å². The van der Waals surface area contributed by atoms with E-state index in [1.54, 1.807) is 48.5 Å². The second-order valence-electron chi connectivity index (χ2n) is 6.62. The number of fused-ring (bicyclic) bond motifs is 1. The summed E-state index contributed by atoms with van der Waals surface area (Å²) >= 11 is 0. The lowest BCUT2D eigenvalue weighted by atomic mass is 9.96. The third kappa shape index (κ3) is 3.02. The van der Waals surface area contributed by atoms with Gasteiger partial charge >= 0.3 is 0 Å². The Kier molecular flexibility index (Phi) is 4.73.